The van der Waals surface area contributed by atoms with Crippen LogP contribution in [0.2, 0.25) is 0 Å². The predicted molar refractivity (Wildman–Crippen MR) is 53.5 cm³/mol. The molecule has 14 heavy (non-hydrogen) atoms. The monoisotopic (exact) mass is 198 g/mol. The number of esters is 1. The highest BCUT2D eigenvalue weighted by Crippen LogP contribution is 1.97. The molecule has 0 heterocycles. The lowest BCUT2D eigenvalue weighted by molar-refractivity contribution is -0.143. The van der Waals surface area contributed by atoms with Crippen molar-refractivity contribution in [3.05, 3.63) is 0 Å². The van der Waals surface area contributed by atoms with Crippen molar-refractivity contribution in [2.24, 2.45) is 5.92 Å². The van der Waals surface area contributed by atoms with E-state index in [1.54, 1.807) is 6.92 Å². The van der Waals surface area contributed by atoms with Gasteiger partial charge in [0.2, 0.25) is 0 Å². The summed E-state index contributed by atoms with van der Waals surface area (Å²) in [4.78, 5) is 13.0. The number of carbonyl (C=O) groups is 1. The van der Waals surface area contributed by atoms with E-state index in [1.807, 2.05) is 18.9 Å². The lowest BCUT2D eigenvalue weighted by Crippen LogP contribution is -2.26. The van der Waals surface area contributed by atoms with Crippen LogP contribution in [-0.2, 0) is 9.53 Å². The Bertz CT molecular complexity index is 211. The van der Waals surface area contributed by atoms with Crippen LogP contribution in [0.5, 0.6) is 0 Å². The Morgan fingerprint density at radius 1 is 1.64 bits per heavy atom. The Hall–Kier alpha value is -1.08. The highest BCUT2D eigenvalue weighted by molar-refractivity contribution is 5.69. The zero-order valence-corrected chi connectivity index (χ0v) is 9.12. The molecule has 0 bridgehead atoms. The predicted octanol–water partition coefficient (Wildman–Crippen LogP) is 1.03. The molecule has 0 amide bonds. The van der Waals surface area contributed by atoms with Crippen molar-refractivity contribution in [3.8, 4) is 6.07 Å². The van der Waals surface area contributed by atoms with Crippen LogP contribution in [0.4, 0.5) is 0 Å². The zero-order valence-electron chi connectivity index (χ0n) is 9.12. The summed E-state index contributed by atoms with van der Waals surface area (Å²) in [6.45, 7) is 5.41. The molecule has 0 aliphatic carbocycles. The molecule has 1 atom stereocenters. The van der Waals surface area contributed by atoms with Gasteiger partial charge in [0.25, 0.3) is 0 Å². The van der Waals surface area contributed by atoms with Crippen molar-refractivity contribution >= 4 is 5.97 Å². The van der Waals surface area contributed by atoms with Crippen LogP contribution in [0.1, 0.15) is 20.3 Å². The van der Waals surface area contributed by atoms with Crippen LogP contribution in [0, 0.1) is 17.2 Å². The second-order valence-corrected chi connectivity index (χ2v) is 3.35. The smallest absolute Gasteiger partial charge is 0.307 e. The molecular formula is C10H18N2O2. The van der Waals surface area contributed by atoms with E-state index in [9.17, 15) is 4.79 Å². The summed E-state index contributed by atoms with van der Waals surface area (Å²) in [5.74, 6) is -0.175. The first-order valence-electron chi connectivity index (χ1n) is 4.84. The molecule has 0 radical (unpaired) electrons. The first kappa shape index (κ1) is 12.9. The van der Waals surface area contributed by atoms with Gasteiger partial charge >= 0.3 is 5.97 Å². The third-order valence-electron chi connectivity index (χ3n) is 1.81. The largest absolute Gasteiger partial charge is 0.466 e. The molecule has 0 saturated carbocycles. The Kier molecular flexibility index (Phi) is 6.77. The van der Waals surface area contributed by atoms with Crippen LogP contribution in [0.25, 0.3) is 0 Å². The van der Waals surface area contributed by atoms with Crippen molar-refractivity contribution in [1.29, 1.82) is 5.26 Å². The minimum absolute atomic E-state index is 0.00203. The first-order chi connectivity index (χ1) is 6.60. The third kappa shape index (κ3) is 6.44. The maximum atomic E-state index is 11.0. The van der Waals surface area contributed by atoms with E-state index in [0.717, 1.165) is 0 Å². The molecule has 80 valence electrons. The minimum atomic E-state index is -0.177. The van der Waals surface area contributed by atoms with Crippen molar-refractivity contribution in [3.63, 3.8) is 0 Å². The molecule has 4 nitrogen and oxygen atoms in total. The molecular weight excluding hydrogens is 180 g/mol. The highest BCUT2D eigenvalue weighted by Gasteiger charge is 2.07. The maximum absolute atomic E-state index is 11.0. The van der Waals surface area contributed by atoms with E-state index < -0.39 is 0 Å². The zero-order chi connectivity index (χ0) is 11.0. The normalized spacial score (nSPS) is 12.2. The quantitative estimate of drug-likeness (QED) is 0.598. The molecule has 0 aromatic rings. The van der Waals surface area contributed by atoms with Crippen molar-refractivity contribution in [2.45, 2.75) is 20.3 Å². The number of ether oxygens (including phenoxy) is 1. The van der Waals surface area contributed by atoms with E-state index in [1.165, 1.54) is 0 Å². The average Bonchev–Trinajstić information content (AvgIpc) is 2.15. The van der Waals surface area contributed by atoms with Gasteiger partial charge in [0.05, 0.1) is 25.0 Å². The van der Waals surface area contributed by atoms with Crippen LogP contribution < -0.4 is 0 Å². The molecule has 0 saturated heterocycles. The molecule has 0 N–H and O–H groups in total. The van der Waals surface area contributed by atoms with Gasteiger partial charge in [-0.25, -0.2) is 0 Å². The first-order valence-corrected chi connectivity index (χ1v) is 4.84. The summed E-state index contributed by atoms with van der Waals surface area (Å²) in [7, 11) is 1.90. The third-order valence-corrected chi connectivity index (χ3v) is 1.81. The Balaban J connectivity index is 3.59. The fourth-order valence-electron chi connectivity index (χ4n) is 1.11. The van der Waals surface area contributed by atoms with E-state index in [0.29, 0.717) is 26.1 Å². The Labute approximate surface area is 85.5 Å². The topological polar surface area (TPSA) is 53.3 Å². The van der Waals surface area contributed by atoms with Gasteiger partial charge in [0, 0.05) is 13.1 Å². The summed E-state index contributed by atoms with van der Waals surface area (Å²) in [6, 6.07) is 2.15. The molecule has 0 aliphatic rings. The molecule has 0 fully saturated rings. The summed E-state index contributed by atoms with van der Waals surface area (Å²) < 4.78 is 4.79. The molecule has 0 aromatic heterocycles. The maximum Gasteiger partial charge on any atom is 0.307 e. The van der Waals surface area contributed by atoms with Crippen LogP contribution >= 0.6 is 0 Å². The summed E-state index contributed by atoms with van der Waals surface area (Å²) in [5, 5.41) is 8.58. The molecule has 0 aliphatic heterocycles. The molecule has 4 heteroatoms. The van der Waals surface area contributed by atoms with Crippen molar-refractivity contribution in [1.82, 2.24) is 4.90 Å². The standard InChI is InChI=1S/C10H18N2O2/c1-4-14-10(13)5-6-12(3)8-9(2)7-11/h9H,4-6,8H2,1-3H3. The summed E-state index contributed by atoms with van der Waals surface area (Å²) in [5.41, 5.74) is 0. The van der Waals surface area contributed by atoms with E-state index in [-0.39, 0.29) is 11.9 Å². The molecule has 0 spiro atoms. The average molecular weight is 198 g/mol. The highest BCUT2D eigenvalue weighted by atomic mass is 16.5. The number of rotatable bonds is 6. The van der Waals surface area contributed by atoms with Gasteiger partial charge in [0.1, 0.15) is 0 Å². The van der Waals surface area contributed by atoms with Crippen molar-refractivity contribution in [2.75, 3.05) is 26.7 Å². The summed E-state index contributed by atoms with van der Waals surface area (Å²) in [6.07, 6.45) is 0.391. The van der Waals surface area contributed by atoms with Crippen molar-refractivity contribution < 1.29 is 9.53 Å². The lowest BCUT2D eigenvalue weighted by atomic mass is 10.2. The Morgan fingerprint density at radius 2 is 2.29 bits per heavy atom. The molecule has 0 aromatic carbocycles. The van der Waals surface area contributed by atoms with Crippen LogP contribution in [0.15, 0.2) is 0 Å². The molecule has 1 unspecified atom stereocenters. The fraction of sp³-hybridized carbons (Fsp3) is 0.800. The Morgan fingerprint density at radius 3 is 2.79 bits per heavy atom. The van der Waals surface area contributed by atoms with Gasteiger partial charge < -0.3 is 9.64 Å². The number of nitriles is 1. The van der Waals surface area contributed by atoms with E-state index >= 15 is 0 Å². The lowest BCUT2D eigenvalue weighted by Gasteiger charge is -2.16. The minimum Gasteiger partial charge on any atom is -0.466 e. The second-order valence-electron chi connectivity index (χ2n) is 3.35. The van der Waals surface area contributed by atoms with Gasteiger partial charge in [0.15, 0.2) is 0 Å². The second kappa shape index (κ2) is 7.34. The SMILES string of the molecule is CCOC(=O)CCN(C)CC(C)C#N. The van der Waals surface area contributed by atoms with Gasteiger partial charge in [-0.1, -0.05) is 0 Å². The fourth-order valence-corrected chi connectivity index (χ4v) is 1.11. The number of nitrogens with zero attached hydrogens (tertiary/aromatic N) is 2. The number of carbonyl (C=O) groups excluding carboxylic acids is 1. The van der Waals surface area contributed by atoms with Gasteiger partial charge in [-0.15, -0.1) is 0 Å². The van der Waals surface area contributed by atoms with E-state index in [2.05, 4.69) is 6.07 Å². The number of hydrogen-bond donors (Lipinski definition) is 0. The van der Waals surface area contributed by atoms with Gasteiger partial charge in [-0.2, -0.15) is 5.26 Å². The molecule has 0 rings (SSSR count). The van der Waals surface area contributed by atoms with Crippen LogP contribution in [0.3, 0.4) is 0 Å². The van der Waals surface area contributed by atoms with Crippen LogP contribution in [-0.4, -0.2) is 37.6 Å². The summed E-state index contributed by atoms with van der Waals surface area (Å²) >= 11 is 0. The van der Waals surface area contributed by atoms with E-state index in [4.69, 9.17) is 10.00 Å². The number of hydrogen-bond acceptors (Lipinski definition) is 4. The van der Waals surface area contributed by atoms with Gasteiger partial charge in [-0.05, 0) is 20.9 Å². The van der Waals surface area contributed by atoms with Gasteiger partial charge in [-0.3, -0.25) is 4.79 Å².